The predicted octanol–water partition coefficient (Wildman–Crippen LogP) is 0.693. The highest BCUT2D eigenvalue weighted by Crippen LogP contribution is 2.18. The van der Waals surface area contributed by atoms with E-state index < -0.39 is 14.2 Å². The van der Waals surface area contributed by atoms with Crippen molar-refractivity contribution in [3.05, 3.63) is 57.5 Å². The molecular weight excluding hydrogens is 336 g/mol. The van der Waals surface area contributed by atoms with Gasteiger partial charge < -0.3 is 20.1 Å². The van der Waals surface area contributed by atoms with Gasteiger partial charge in [-0.05, 0) is 35.2 Å². The van der Waals surface area contributed by atoms with E-state index >= 15 is 0 Å². The molecule has 0 unspecified atom stereocenters. The Kier molecular flexibility index (Phi) is 7.56. The van der Waals surface area contributed by atoms with Crippen molar-refractivity contribution >= 4 is 60.0 Å². The first-order valence-electron chi connectivity index (χ1n) is 5.74. The van der Waals surface area contributed by atoms with Crippen LogP contribution in [0.3, 0.4) is 0 Å². The fraction of sp³-hybridized carbons (Fsp3) is 0. The molecule has 21 heavy (non-hydrogen) atoms. The summed E-state index contributed by atoms with van der Waals surface area (Å²) in [4.78, 5) is 0. The third-order valence-corrected chi connectivity index (χ3v) is 3.40. The molecule has 0 fully saturated rings. The molecular formula is C12H11B2Cl3O4. The quantitative estimate of drug-likeness (QED) is 0.603. The summed E-state index contributed by atoms with van der Waals surface area (Å²) in [6.07, 6.45) is 0. The summed E-state index contributed by atoms with van der Waals surface area (Å²) in [6.45, 7) is 0. The van der Waals surface area contributed by atoms with Crippen molar-refractivity contribution in [2.45, 2.75) is 0 Å². The van der Waals surface area contributed by atoms with Gasteiger partial charge in [-0.3, -0.25) is 0 Å². The molecule has 2 aromatic carbocycles. The standard InChI is InChI=1S/C6H5BCl2O2.C6H6BClO2/c8-5-2-1-4(7(10)11)3-6(5)9;8-6-3-1-5(2-4-6)7(9)10/h1-3,10-11H;1-4,9-10H. The minimum absolute atomic E-state index is 0.317. The third kappa shape index (κ3) is 6.28. The fourth-order valence-corrected chi connectivity index (χ4v) is 1.74. The average molecular weight is 347 g/mol. The van der Waals surface area contributed by atoms with E-state index in [2.05, 4.69) is 0 Å². The number of benzene rings is 2. The first-order chi connectivity index (χ1) is 9.81. The van der Waals surface area contributed by atoms with Crippen LogP contribution in [-0.2, 0) is 0 Å². The normalized spacial score (nSPS) is 9.67. The van der Waals surface area contributed by atoms with Crippen molar-refractivity contribution in [3.8, 4) is 0 Å². The Morgan fingerprint density at radius 3 is 1.52 bits per heavy atom. The molecule has 0 saturated heterocycles. The lowest BCUT2D eigenvalue weighted by atomic mass is 9.80. The van der Waals surface area contributed by atoms with Crippen molar-refractivity contribution < 1.29 is 20.1 Å². The highest BCUT2D eigenvalue weighted by atomic mass is 35.5. The number of hydrogen-bond acceptors (Lipinski definition) is 4. The lowest BCUT2D eigenvalue weighted by molar-refractivity contribution is 0.424. The summed E-state index contributed by atoms with van der Waals surface area (Å²) in [5.41, 5.74) is 0.781. The van der Waals surface area contributed by atoms with Crippen LogP contribution in [0.2, 0.25) is 15.1 Å². The van der Waals surface area contributed by atoms with E-state index in [1.807, 2.05) is 0 Å². The molecule has 0 radical (unpaired) electrons. The van der Waals surface area contributed by atoms with Gasteiger partial charge in [0.25, 0.3) is 0 Å². The highest BCUT2D eigenvalue weighted by Gasteiger charge is 2.11. The molecule has 0 spiro atoms. The molecule has 110 valence electrons. The van der Waals surface area contributed by atoms with Crippen molar-refractivity contribution in [1.29, 1.82) is 0 Å². The topological polar surface area (TPSA) is 80.9 Å². The van der Waals surface area contributed by atoms with Crippen molar-refractivity contribution in [3.63, 3.8) is 0 Å². The van der Waals surface area contributed by atoms with Crippen molar-refractivity contribution in [1.82, 2.24) is 0 Å². The van der Waals surface area contributed by atoms with Crippen LogP contribution in [-0.4, -0.2) is 34.3 Å². The van der Waals surface area contributed by atoms with Gasteiger partial charge in [-0.25, -0.2) is 0 Å². The molecule has 0 aliphatic rings. The zero-order valence-corrected chi connectivity index (χ0v) is 12.9. The lowest BCUT2D eigenvalue weighted by Gasteiger charge is -2.00. The molecule has 0 heterocycles. The van der Waals surface area contributed by atoms with E-state index in [1.54, 1.807) is 24.3 Å². The Balaban J connectivity index is 0.000000211. The second kappa shape index (κ2) is 8.66. The Morgan fingerprint density at radius 2 is 1.10 bits per heavy atom. The van der Waals surface area contributed by atoms with Crippen LogP contribution in [0, 0.1) is 0 Å². The van der Waals surface area contributed by atoms with E-state index in [0.717, 1.165) is 0 Å². The van der Waals surface area contributed by atoms with Gasteiger partial charge in [0.15, 0.2) is 0 Å². The maximum absolute atomic E-state index is 8.69. The number of rotatable bonds is 2. The van der Waals surface area contributed by atoms with E-state index in [-0.39, 0.29) is 0 Å². The van der Waals surface area contributed by atoms with Gasteiger partial charge in [-0.15, -0.1) is 0 Å². The van der Waals surface area contributed by atoms with Crippen LogP contribution in [0.15, 0.2) is 42.5 Å². The Hall–Kier alpha value is -0.720. The molecule has 4 nitrogen and oxygen atoms in total. The highest BCUT2D eigenvalue weighted by molar-refractivity contribution is 6.59. The minimum Gasteiger partial charge on any atom is -0.423 e. The fourth-order valence-electron chi connectivity index (χ4n) is 1.31. The van der Waals surface area contributed by atoms with Gasteiger partial charge in [-0.1, -0.05) is 53.0 Å². The molecule has 0 saturated carbocycles. The second-order valence-corrected chi connectivity index (χ2v) is 5.22. The Morgan fingerprint density at radius 1 is 0.619 bits per heavy atom. The van der Waals surface area contributed by atoms with E-state index in [9.17, 15) is 0 Å². The van der Waals surface area contributed by atoms with Crippen LogP contribution in [0.4, 0.5) is 0 Å². The second-order valence-electron chi connectivity index (χ2n) is 3.97. The van der Waals surface area contributed by atoms with Crippen molar-refractivity contribution in [2.24, 2.45) is 0 Å². The third-order valence-electron chi connectivity index (χ3n) is 2.41. The molecule has 9 heteroatoms. The smallest absolute Gasteiger partial charge is 0.423 e. The van der Waals surface area contributed by atoms with Crippen LogP contribution in [0.25, 0.3) is 0 Å². The number of hydrogen-bond donors (Lipinski definition) is 4. The van der Waals surface area contributed by atoms with Gasteiger partial charge in [0.1, 0.15) is 0 Å². The van der Waals surface area contributed by atoms with Crippen LogP contribution in [0.1, 0.15) is 0 Å². The molecule has 2 rings (SSSR count). The molecule has 2 aromatic rings. The maximum atomic E-state index is 8.69. The van der Waals surface area contributed by atoms with Gasteiger partial charge in [0, 0.05) is 5.02 Å². The van der Waals surface area contributed by atoms with Gasteiger partial charge in [0.2, 0.25) is 0 Å². The zero-order valence-electron chi connectivity index (χ0n) is 10.6. The van der Waals surface area contributed by atoms with Gasteiger partial charge in [0.05, 0.1) is 10.0 Å². The van der Waals surface area contributed by atoms with Gasteiger partial charge in [-0.2, -0.15) is 0 Å². The SMILES string of the molecule is OB(O)c1ccc(Cl)c(Cl)c1.OB(O)c1ccc(Cl)cc1. The van der Waals surface area contributed by atoms with Crippen molar-refractivity contribution in [2.75, 3.05) is 0 Å². The minimum atomic E-state index is -1.50. The molecule has 0 aromatic heterocycles. The Bertz CT molecular complexity index is 579. The molecule has 0 aliphatic carbocycles. The number of halogens is 3. The van der Waals surface area contributed by atoms with E-state index in [1.165, 1.54) is 18.2 Å². The molecule has 4 N–H and O–H groups in total. The zero-order chi connectivity index (χ0) is 16.0. The van der Waals surface area contributed by atoms with Crippen LogP contribution >= 0.6 is 34.8 Å². The largest absolute Gasteiger partial charge is 0.488 e. The molecule has 0 amide bonds. The van der Waals surface area contributed by atoms with Crippen LogP contribution in [0.5, 0.6) is 0 Å². The Labute approximate surface area is 137 Å². The predicted molar refractivity (Wildman–Crippen MR) is 87.6 cm³/mol. The summed E-state index contributed by atoms with van der Waals surface area (Å²) in [5, 5.41) is 35.9. The summed E-state index contributed by atoms with van der Waals surface area (Å²) < 4.78 is 0. The lowest BCUT2D eigenvalue weighted by Crippen LogP contribution is -2.29. The van der Waals surface area contributed by atoms with E-state index in [0.29, 0.717) is 26.0 Å². The first-order valence-corrected chi connectivity index (χ1v) is 6.87. The summed E-state index contributed by atoms with van der Waals surface area (Å²) in [7, 11) is -2.90. The molecule has 0 aliphatic heterocycles. The average Bonchev–Trinajstić information content (AvgIpc) is 2.43. The maximum Gasteiger partial charge on any atom is 0.488 e. The molecule has 0 atom stereocenters. The van der Waals surface area contributed by atoms with Crippen LogP contribution < -0.4 is 10.9 Å². The molecule has 0 bridgehead atoms. The first kappa shape index (κ1) is 18.3. The summed E-state index contributed by atoms with van der Waals surface area (Å²) >= 11 is 16.7. The van der Waals surface area contributed by atoms with Gasteiger partial charge >= 0.3 is 14.2 Å². The summed E-state index contributed by atoms with van der Waals surface area (Å²) in [6, 6.07) is 10.8. The summed E-state index contributed by atoms with van der Waals surface area (Å²) in [5.74, 6) is 0. The monoisotopic (exact) mass is 346 g/mol. The van der Waals surface area contributed by atoms with E-state index in [4.69, 9.17) is 54.9 Å².